The highest BCUT2D eigenvalue weighted by atomic mass is 16.1. The second-order valence-electron chi connectivity index (χ2n) is 7.38. The summed E-state index contributed by atoms with van der Waals surface area (Å²) in [6, 6.07) is 17.0. The van der Waals surface area contributed by atoms with E-state index in [2.05, 4.69) is 54.8 Å². The molecule has 2 aromatic carbocycles. The van der Waals surface area contributed by atoms with E-state index in [1.165, 1.54) is 17.5 Å². The quantitative estimate of drug-likeness (QED) is 0.836. The Balaban J connectivity index is 1.71. The summed E-state index contributed by atoms with van der Waals surface area (Å²) in [6.45, 7) is 6.23. The molecule has 3 nitrogen and oxygen atoms in total. The molecule has 0 spiro atoms. The van der Waals surface area contributed by atoms with Crippen molar-refractivity contribution in [2.45, 2.75) is 39.2 Å². The Morgan fingerprint density at radius 2 is 1.92 bits per heavy atom. The summed E-state index contributed by atoms with van der Waals surface area (Å²) < 4.78 is 0. The van der Waals surface area contributed by atoms with Gasteiger partial charge in [-0.05, 0) is 60.5 Å². The van der Waals surface area contributed by atoms with Crippen molar-refractivity contribution in [3.63, 3.8) is 0 Å². The van der Waals surface area contributed by atoms with Gasteiger partial charge in [-0.1, -0.05) is 50.2 Å². The molecule has 1 heterocycles. The molecule has 2 aromatic rings. The smallest absolute Gasteiger partial charge is 0.251 e. The summed E-state index contributed by atoms with van der Waals surface area (Å²) in [5.41, 5.74) is 4.34. The van der Waals surface area contributed by atoms with Crippen LogP contribution in [0.25, 0.3) is 11.1 Å². The molecule has 0 aromatic heterocycles. The van der Waals surface area contributed by atoms with E-state index in [1.54, 1.807) is 0 Å². The zero-order valence-corrected chi connectivity index (χ0v) is 15.2. The maximum atomic E-state index is 12.5. The molecule has 25 heavy (non-hydrogen) atoms. The Bertz CT molecular complexity index is 717. The molecule has 3 rings (SSSR count). The second-order valence-corrected chi connectivity index (χ2v) is 7.38. The molecule has 0 aliphatic carbocycles. The van der Waals surface area contributed by atoms with Crippen molar-refractivity contribution >= 4 is 5.91 Å². The lowest BCUT2D eigenvalue weighted by molar-refractivity contribution is 0.0950. The summed E-state index contributed by atoms with van der Waals surface area (Å²) >= 11 is 0. The van der Waals surface area contributed by atoms with E-state index in [-0.39, 0.29) is 5.91 Å². The van der Waals surface area contributed by atoms with Crippen LogP contribution in [0.5, 0.6) is 0 Å². The first-order chi connectivity index (χ1) is 12.1. The van der Waals surface area contributed by atoms with Crippen molar-refractivity contribution < 1.29 is 4.79 Å². The number of rotatable bonds is 6. The minimum absolute atomic E-state index is 0.00823. The lowest BCUT2D eigenvalue weighted by Gasteiger charge is -2.12. The molecule has 132 valence electrons. The van der Waals surface area contributed by atoms with Gasteiger partial charge in [-0.2, -0.15) is 0 Å². The van der Waals surface area contributed by atoms with E-state index >= 15 is 0 Å². The van der Waals surface area contributed by atoms with Gasteiger partial charge in [-0.15, -0.1) is 0 Å². The molecule has 0 radical (unpaired) electrons. The number of hydrogen-bond donors (Lipinski definition) is 2. The molecule has 1 saturated heterocycles. The lowest BCUT2D eigenvalue weighted by atomic mass is 9.97. The molecule has 1 amide bonds. The average molecular weight is 336 g/mol. The third-order valence-corrected chi connectivity index (χ3v) is 4.70. The number of carbonyl (C=O) groups excluding carboxylic acids is 1. The van der Waals surface area contributed by atoms with E-state index in [0.29, 0.717) is 18.5 Å². The van der Waals surface area contributed by atoms with Gasteiger partial charge in [-0.3, -0.25) is 4.79 Å². The Hall–Kier alpha value is -2.13. The number of nitrogens with one attached hydrogen (secondary N) is 2. The van der Waals surface area contributed by atoms with Crippen LogP contribution in [0.3, 0.4) is 0 Å². The van der Waals surface area contributed by atoms with Crippen molar-refractivity contribution in [2.75, 3.05) is 13.1 Å². The maximum Gasteiger partial charge on any atom is 0.251 e. The highest BCUT2D eigenvalue weighted by Crippen LogP contribution is 2.23. The first-order valence-electron chi connectivity index (χ1n) is 9.33. The van der Waals surface area contributed by atoms with Crippen molar-refractivity contribution in [3.8, 4) is 11.1 Å². The minimum atomic E-state index is 0.00823. The van der Waals surface area contributed by atoms with E-state index in [0.717, 1.165) is 30.5 Å². The molecule has 1 aliphatic rings. The molecule has 1 atom stereocenters. The number of benzene rings is 2. The van der Waals surface area contributed by atoms with Gasteiger partial charge in [0, 0.05) is 18.2 Å². The second kappa shape index (κ2) is 8.30. The minimum Gasteiger partial charge on any atom is -0.350 e. The molecule has 1 fully saturated rings. The van der Waals surface area contributed by atoms with Crippen LogP contribution in [0.1, 0.15) is 42.6 Å². The Morgan fingerprint density at radius 1 is 1.16 bits per heavy atom. The highest BCUT2D eigenvalue weighted by Gasteiger charge is 2.15. The lowest BCUT2D eigenvalue weighted by Crippen LogP contribution is -2.37. The van der Waals surface area contributed by atoms with Crippen LogP contribution in [0.4, 0.5) is 0 Å². The van der Waals surface area contributed by atoms with Crippen LogP contribution in [-0.4, -0.2) is 25.0 Å². The molecule has 3 heteroatoms. The average Bonchev–Trinajstić information content (AvgIpc) is 3.13. The summed E-state index contributed by atoms with van der Waals surface area (Å²) in [4.78, 5) is 12.5. The fraction of sp³-hybridized carbons (Fsp3) is 0.409. The first kappa shape index (κ1) is 17.7. The molecule has 0 bridgehead atoms. The van der Waals surface area contributed by atoms with Crippen LogP contribution in [0.2, 0.25) is 0 Å². The standard InChI is InChI=1S/C22H28N2O/c1-16(2)12-17-6-3-7-18(13-17)19-8-4-9-20(14-19)22(25)24-15-21-10-5-11-23-21/h3-4,6-9,13-14,16,21,23H,5,10-12,15H2,1-2H3,(H,24,25). The van der Waals surface area contributed by atoms with E-state index in [9.17, 15) is 4.79 Å². The Morgan fingerprint density at radius 3 is 2.64 bits per heavy atom. The number of carbonyl (C=O) groups is 1. The topological polar surface area (TPSA) is 41.1 Å². The van der Waals surface area contributed by atoms with Crippen LogP contribution in [0.15, 0.2) is 48.5 Å². The van der Waals surface area contributed by atoms with Crippen LogP contribution in [0, 0.1) is 5.92 Å². The fourth-order valence-corrected chi connectivity index (χ4v) is 3.44. The van der Waals surface area contributed by atoms with Crippen molar-refractivity contribution in [3.05, 3.63) is 59.7 Å². The van der Waals surface area contributed by atoms with E-state index in [4.69, 9.17) is 0 Å². The van der Waals surface area contributed by atoms with Gasteiger partial charge in [0.2, 0.25) is 0 Å². The van der Waals surface area contributed by atoms with E-state index < -0.39 is 0 Å². The van der Waals surface area contributed by atoms with Gasteiger partial charge < -0.3 is 10.6 Å². The van der Waals surface area contributed by atoms with Gasteiger partial charge >= 0.3 is 0 Å². The van der Waals surface area contributed by atoms with Gasteiger partial charge in [-0.25, -0.2) is 0 Å². The largest absolute Gasteiger partial charge is 0.350 e. The monoisotopic (exact) mass is 336 g/mol. The summed E-state index contributed by atoms with van der Waals surface area (Å²) in [6.07, 6.45) is 3.41. The Kier molecular flexibility index (Phi) is 5.87. The molecule has 0 saturated carbocycles. The van der Waals surface area contributed by atoms with Crippen LogP contribution < -0.4 is 10.6 Å². The Labute approximate surface area is 150 Å². The van der Waals surface area contributed by atoms with Crippen molar-refractivity contribution in [1.82, 2.24) is 10.6 Å². The van der Waals surface area contributed by atoms with Crippen molar-refractivity contribution in [2.24, 2.45) is 5.92 Å². The van der Waals surface area contributed by atoms with Crippen molar-refractivity contribution in [1.29, 1.82) is 0 Å². The molecular weight excluding hydrogens is 308 g/mol. The van der Waals surface area contributed by atoms with Gasteiger partial charge in [0.1, 0.15) is 0 Å². The third kappa shape index (κ3) is 4.93. The van der Waals surface area contributed by atoms with Crippen LogP contribution in [-0.2, 0) is 6.42 Å². The maximum absolute atomic E-state index is 12.5. The molecule has 1 aliphatic heterocycles. The summed E-state index contributed by atoms with van der Waals surface area (Å²) in [5.74, 6) is 0.644. The highest BCUT2D eigenvalue weighted by molar-refractivity contribution is 5.95. The summed E-state index contributed by atoms with van der Waals surface area (Å²) in [5, 5.41) is 6.46. The zero-order valence-electron chi connectivity index (χ0n) is 15.2. The van der Waals surface area contributed by atoms with Gasteiger partial charge in [0.15, 0.2) is 0 Å². The fourth-order valence-electron chi connectivity index (χ4n) is 3.44. The number of hydrogen-bond acceptors (Lipinski definition) is 2. The van der Waals surface area contributed by atoms with E-state index in [1.807, 2.05) is 18.2 Å². The molecular formula is C22H28N2O. The third-order valence-electron chi connectivity index (χ3n) is 4.70. The SMILES string of the molecule is CC(C)Cc1cccc(-c2cccc(C(=O)NCC3CCCN3)c2)c1. The predicted molar refractivity (Wildman–Crippen MR) is 104 cm³/mol. The molecule has 1 unspecified atom stereocenters. The van der Waals surface area contributed by atoms with Crippen LogP contribution >= 0.6 is 0 Å². The number of amides is 1. The summed E-state index contributed by atoms with van der Waals surface area (Å²) in [7, 11) is 0. The van der Waals surface area contributed by atoms with Gasteiger partial charge in [0.05, 0.1) is 0 Å². The normalized spacial score (nSPS) is 17.0. The molecule has 2 N–H and O–H groups in total. The predicted octanol–water partition coefficient (Wildman–Crippen LogP) is 4.03. The zero-order chi connectivity index (χ0) is 17.6. The first-order valence-corrected chi connectivity index (χ1v) is 9.33. The van der Waals surface area contributed by atoms with Gasteiger partial charge in [0.25, 0.3) is 5.91 Å².